The van der Waals surface area contributed by atoms with Gasteiger partial charge in [0.2, 0.25) is 11.9 Å². The molecule has 30 heavy (non-hydrogen) atoms. The van der Waals surface area contributed by atoms with E-state index >= 15 is 0 Å². The number of halogens is 1. The molecular formula is C21H28FN7O. The second kappa shape index (κ2) is 11.1. The van der Waals surface area contributed by atoms with Crippen molar-refractivity contribution in [3.63, 3.8) is 0 Å². The Morgan fingerprint density at radius 2 is 1.77 bits per heavy atom. The van der Waals surface area contributed by atoms with Crippen LogP contribution in [0.1, 0.15) is 12.0 Å². The van der Waals surface area contributed by atoms with Crippen LogP contribution < -0.4 is 15.5 Å². The zero-order chi connectivity index (χ0) is 21.2. The summed E-state index contributed by atoms with van der Waals surface area (Å²) < 4.78 is 13.7. The van der Waals surface area contributed by atoms with Crippen LogP contribution in [0.4, 0.5) is 10.3 Å². The SMILES string of the molecule is CN=C(NCCC(=O)N1CCN(c2ncccn2)CC1)NCCc1ccccc1F. The van der Waals surface area contributed by atoms with E-state index in [2.05, 4.69) is 30.5 Å². The van der Waals surface area contributed by atoms with Gasteiger partial charge in [-0.05, 0) is 24.1 Å². The molecule has 0 bridgehead atoms. The van der Waals surface area contributed by atoms with Crippen molar-refractivity contribution < 1.29 is 9.18 Å². The molecule has 1 saturated heterocycles. The minimum Gasteiger partial charge on any atom is -0.356 e. The number of anilines is 1. The van der Waals surface area contributed by atoms with Gasteiger partial charge in [-0.3, -0.25) is 9.79 Å². The van der Waals surface area contributed by atoms with E-state index in [0.29, 0.717) is 56.5 Å². The number of nitrogens with one attached hydrogen (secondary N) is 2. The molecule has 2 heterocycles. The molecule has 1 aliphatic rings. The number of rotatable bonds is 7. The van der Waals surface area contributed by atoms with Crippen LogP contribution in [-0.4, -0.2) is 73.1 Å². The number of guanidine groups is 1. The van der Waals surface area contributed by atoms with Crippen molar-refractivity contribution in [2.75, 3.05) is 51.2 Å². The van der Waals surface area contributed by atoms with Crippen LogP contribution in [0.3, 0.4) is 0 Å². The van der Waals surface area contributed by atoms with Crippen LogP contribution in [0, 0.1) is 5.82 Å². The summed E-state index contributed by atoms with van der Waals surface area (Å²) in [5.41, 5.74) is 0.663. The van der Waals surface area contributed by atoms with Crippen LogP contribution in [0.2, 0.25) is 0 Å². The Labute approximate surface area is 176 Å². The molecule has 1 fully saturated rings. The Balaban J connectivity index is 1.34. The average Bonchev–Trinajstić information content (AvgIpc) is 2.80. The van der Waals surface area contributed by atoms with Crippen molar-refractivity contribution in [3.05, 3.63) is 54.1 Å². The van der Waals surface area contributed by atoms with E-state index in [1.54, 1.807) is 37.6 Å². The molecule has 0 unspecified atom stereocenters. The number of carbonyl (C=O) groups is 1. The molecule has 0 saturated carbocycles. The molecule has 0 radical (unpaired) electrons. The predicted molar refractivity (Wildman–Crippen MR) is 115 cm³/mol. The summed E-state index contributed by atoms with van der Waals surface area (Å²) in [6.45, 7) is 3.81. The first-order valence-corrected chi connectivity index (χ1v) is 10.1. The van der Waals surface area contributed by atoms with Gasteiger partial charge in [-0.1, -0.05) is 18.2 Å². The predicted octanol–water partition coefficient (Wildman–Crippen LogP) is 1.06. The molecule has 9 heteroatoms. The van der Waals surface area contributed by atoms with Crippen molar-refractivity contribution in [1.82, 2.24) is 25.5 Å². The van der Waals surface area contributed by atoms with E-state index in [1.165, 1.54) is 6.07 Å². The highest BCUT2D eigenvalue weighted by Crippen LogP contribution is 2.10. The Morgan fingerprint density at radius 3 is 2.47 bits per heavy atom. The topological polar surface area (TPSA) is 85.8 Å². The summed E-state index contributed by atoms with van der Waals surface area (Å²) in [6, 6.07) is 8.53. The van der Waals surface area contributed by atoms with Crippen molar-refractivity contribution in [2.45, 2.75) is 12.8 Å². The standard InChI is InChI=1S/C21H28FN7O/c1-23-20(24-11-7-17-5-2-3-6-18(17)22)25-12-8-19(30)28-13-15-29(16-14-28)21-26-9-4-10-27-21/h2-6,9-10H,7-8,11-16H2,1H3,(H2,23,24,25). The zero-order valence-electron chi connectivity index (χ0n) is 17.2. The molecule has 2 N–H and O–H groups in total. The minimum atomic E-state index is -0.202. The molecule has 1 aliphatic heterocycles. The van der Waals surface area contributed by atoms with Gasteiger partial charge in [0.05, 0.1) is 0 Å². The first kappa shape index (κ1) is 21.5. The van der Waals surface area contributed by atoms with E-state index in [9.17, 15) is 9.18 Å². The molecule has 1 aromatic carbocycles. The number of hydrogen-bond acceptors (Lipinski definition) is 5. The molecule has 8 nitrogen and oxygen atoms in total. The lowest BCUT2D eigenvalue weighted by molar-refractivity contribution is -0.131. The van der Waals surface area contributed by atoms with Gasteiger partial charge in [-0.25, -0.2) is 14.4 Å². The van der Waals surface area contributed by atoms with Crippen LogP contribution in [0.15, 0.2) is 47.7 Å². The molecule has 160 valence electrons. The van der Waals surface area contributed by atoms with Gasteiger partial charge in [-0.2, -0.15) is 0 Å². The first-order chi connectivity index (χ1) is 14.7. The van der Waals surface area contributed by atoms with Gasteiger partial charge >= 0.3 is 0 Å². The van der Waals surface area contributed by atoms with Crippen molar-refractivity contribution in [1.29, 1.82) is 0 Å². The molecule has 0 spiro atoms. The van der Waals surface area contributed by atoms with Gasteiger partial charge in [0.25, 0.3) is 0 Å². The third-order valence-corrected chi connectivity index (χ3v) is 4.97. The number of aromatic nitrogens is 2. The third kappa shape index (κ3) is 6.13. The largest absolute Gasteiger partial charge is 0.356 e. The Morgan fingerprint density at radius 1 is 1.07 bits per heavy atom. The number of amides is 1. The molecule has 0 atom stereocenters. The van der Waals surface area contributed by atoms with Crippen LogP contribution in [0.5, 0.6) is 0 Å². The average molecular weight is 414 g/mol. The Bertz CT molecular complexity index is 838. The summed E-state index contributed by atoms with van der Waals surface area (Å²) in [6.07, 6.45) is 4.39. The normalized spacial score (nSPS) is 14.5. The molecular weight excluding hydrogens is 385 g/mol. The summed E-state index contributed by atoms with van der Waals surface area (Å²) in [5, 5.41) is 6.29. The van der Waals surface area contributed by atoms with Gasteiger partial charge in [0.1, 0.15) is 5.82 Å². The maximum Gasteiger partial charge on any atom is 0.225 e. The number of hydrogen-bond donors (Lipinski definition) is 2. The van der Waals surface area contributed by atoms with Gasteiger partial charge in [-0.15, -0.1) is 0 Å². The smallest absolute Gasteiger partial charge is 0.225 e. The summed E-state index contributed by atoms with van der Waals surface area (Å²) in [5.74, 6) is 1.21. The molecule has 1 aromatic heterocycles. The highest BCUT2D eigenvalue weighted by Gasteiger charge is 2.22. The van der Waals surface area contributed by atoms with Gasteiger partial charge in [0, 0.05) is 65.1 Å². The van der Waals surface area contributed by atoms with Gasteiger partial charge in [0.15, 0.2) is 5.96 Å². The zero-order valence-corrected chi connectivity index (χ0v) is 17.2. The van der Waals surface area contributed by atoms with Crippen molar-refractivity contribution in [3.8, 4) is 0 Å². The number of carbonyl (C=O) groups excluding carboxylic acids is 1. The quantitative estimate of drug-likeness (QED) is 0.522. The maximum absolute atomic E-state index is 13.7. The molecule has 1 amide bonds. The summed E-state index contributed by atoms with van der Waals surface area (Å²) in [7, 11) is 1.67. The van der Waals surface area contributed by atoms with E-state index in [-0.39, 0.29) is 11.7 Å². The summed E-state index contributed by atoms with van der Waals surface area (Å²) >= 11 is 0. The first-order valence-electron chi connectivity index (χ1n) is 10.1. The van der Waals surface area contributed by atoms with Gasteiger partial charge < -0.3 is 20.4 Å². The van der Waals surface area contributed by atoms with E-state index < -0.39 is 0 Å². The monoisotopic (exact) mass is 413 g/mol. The van der Waals surface area contributed by atoms with Crippen molar-refractivity contribution in [2.24, 2.45) is 4.99 Å². The number of benzene rings is 1. The van der Waals surface area contributed by atoms with Crippen LogP contribution >= 0.6 is 0 Å². The third-order valence-electron chi connectivity index (χ3n) is 4.97. The van der Waals surface area contributed by atoms with Crippen LogP contribution in [-0.2, 0) is 11.2 Å². The second-order valence-corrected chi connectivity index (χ2v) is 6.93. The fourth-order valence-corrected chi connectivity index (χ4v) is 3.29. The fraction of sp³-hybridized carbons (Fsp3) is 0.429. The lowest BCUT2D eigenvalue weighted by Gasteiger charge is -2.34. The highest BCUT2D eigenvalue weighted by molar-refractivity contribution is 5.81. The summed E-state index contributed by atoms with van der Waals surface area (Å²) in [4.78, 5) is 29.1. The maximum atomic E-state index is 13.7. The minimum absolute atomic E-state index is 0.109. The van der Waals surface area contributed by atoms with Crippen molar-refractivity contribution >= 4 is 17.8 Å². The lowest BCUT2D eigenvalue weighted by atomic mass is 10.1. The molecule has 2 aromatic rings. The Hall–Kier alpha value is -3.23. The lowest BCUT2D eigenvalue weighted by Crippen LogP contribution is -2.50. The Kier molecular flexibility index (Phi) is 7.94. The number of nitrogens with zero attached hydrogens (tertiary/aromatic N) is 5. The molecule has 0 aliphatic carbocycles. The fourth-order valence-electron chi connectivity index (χ4n) is 3.29. The van der Waals surface area contributed by atoms with E-state index in [1.807, 2.05) is 11.0 Å². The highest BCUT2D eigenvalue weighted by atomic mass is 19.1. The number of aliphatic imine (C=N–C) groups is 1. The number of piperazine rings is 1. The molecule has 3 rings (SSSR count). The van der Waals surface area contributed by atoms with E-state index in [0.717, 1.165) is 13.1 Å². The van der Waals surface area contributed by atoms with Crippen LogP contribution in [0.25, 0.3) is 0 Å². The van der Waals surface area contributed by atoms with E-state index in [4.69, 9.17) is 0 Å². The second-order valence-electron chi connectivity index (χ2n) is 6.93.